The van der Waals surface area contributed by atoms with Crippen molar-refractivity contribution in [2.45, 2.75) is 76.3 Å². The number of imidazole rings is 1. The first-order chi connectivity index (χ1) is 26.6. The van der Waals surface area contributed by atoms with Crippen LogP contribution < -0.4 is 16.4 Å². The number of carboxylic acid groups (broad SMARTS) is 1. The lowest BCUT2D eigenvalue weighted by atomic mass is 9.87. The normalized spacial score (nSPS) is 22.4. The zero-order valence-electron chi connectivity index (χ0n) is 30.8. The fourth-order valence-corrected chi connectivity index (χ4v) is 8.33. The van der Waals surface area contributed by atoms with E-state index >= 15 is 0 Å². The fraction of sp³-hybridized carbons (Fsp3) is 0.667. The van der Waals surface area contributed by atoms with E-state index in [4.69, 9.17) is 24.6 Å². The minimum Gasteiger partial charge on any atom is -0.479 e. The average Bonchev–Trinajstić information content (AvgIpc) is 3.67. The summed E-state index contributed by atoms with van der Waals surface area (Å²) < 4.78 is 62.0. The van der Waals surface area contributed by atoms with E-state index in [-0.39, 0.29) is 55.1 Å². The average molecular weight is 912 g/mol. The Morgan fingerprint density at radius 1 is 1.02 bits per heavy atom. The molecule has 1 saturated heterocycles. The number of carbonyl (C=O) groups is 4. The molecule has 0 aromatic carbocycles. The topological polar surface area (TPSA) is 421 Å². The van der Waals surface area contributed by atoms with Crippen LogP contribution >= 0.6 is 35.2 Å². The smallest absolute Gasteiger partial charge is 0.479 e. The van der Waals surface area contributed by atoms with Crippen LogP contribution in [0.15, 0.2) is 12.7 Å². The number of nitrogens with zero attached hydrogens (tertiary/aromatic N) is 4. The number of ether oxygens (including phenoxy) is 1. The molecule has 12 N–H and O–H groups in total. The molecule has 8 atom stereocenters. The Morgan fingerprint density at radius 2 is 1.67 bits per heavy atom. The maximum absolute atomic E-state index is 12.7. The number of amides is 2. The Labute approximate surface area is 332 Å². The highest BCUT2D eigenvalue weighted by atomic mass is 32.2. The molecule has 27 nitrogen and oxygen atoms in total. The third kappa shape index (κ3) is 14.6. The molecule has 1 aliphatic rings. The van der Waals surface area contributed by atoms with Crippen molar-refractivity contribution in [3.05, 3.63) is 12.7 Å². The summed E-state index contributed by atoms with van der Waals surface area (Å²) in [7, 11) is -16.5. The summed E-state index contributed by atoms with van der Waals surface area (Å²) in [6.07, 6.45) is -7.66. The molecule has 0 aliphatic carbocycles. The summed E-state index contributed by atoms with van der Waals surface area (Å²) in [6, 6.07) is 0. The zero-order valence-corrected chi connectivity index (χ0v) is 34.3. The molecule has 2 amide bonds. The number of hydrogen-bond acceptors (Lipinski definition) is 20. The van der Waals surface area contributed by atoms with Crippen LogP contribution in [0.3, 0.4) is 0 Å². The number of hydrogen-bond donors (Lipinski definition) is 11. The molecule has 58 heavy (non-hydrogen) atoms. The lowest BCUT2D eigenvalue weighted by Gasteiger charge is -2.30. The highest BCUT2D eigenvalue weighted by molar-refractivity contribution is 8.13. The summed E-state index contributed by atoms with van der Waals surface area (Å²) in [6.45, 7) is 1.18. The lowest BCUT2D eigenvalue weighted by Crippen LogP contribution is -2.46. The third-order valence-electron chi connectivity index (χ3n) is 8.04. The molecule has 0 radical (unpaired) electrons. The van der Waals surface area contributed by atoms with Crippen LogP contribution in [0, 0.1) is 5.41 Å². The maximum Gasteiger partial charge on any atom is 0.481 e. The molecule has 1 fully saturated rings. The number of nitrogens with one attached hydrogen (secondary N) is 2. The van der Waals surface area contributed by atoms with Gasteiger partial charge in [0, 0.05) is 37.1 Å². The summed E-state index contributed by atoms with van der Waals surface area (Å²) in [5.41, 5.74) is 2.12. The predicted molar refractivity (Wildman–Crippen MR) is 195 cm³/mol. The standard InChI is InChI=1S/C27H44N7O20P3S/c1-26(2,20(38)23(39)30-7-5-15(35)29-8-9-58-16(36)4-6-27(3,42)25(40)41)11-51-57(48,49)54-56(46,47)50-10-14-19(53-55(43,44)45)18(37)24(52-14)34-13-33-17-21(28)31-12-32-22(17)34/h12-14,18-20,24,37-38,42H,4-11H2,1-3H3,(H,29,35)(H,30,39)(H,40,41)(H,46,47)(H,48,49)(H2,28,31,32)(H2,43,44,45)/t14-,18-,19-,20+,24-,27+/m1/s1. The van der Waals surface area contributed by atoms with Gasteiger partial charge in [-0.25, -0.2) is 33.4 Å². The molecule has 0 bridgehead atoms. The van der Waals surface area contributed by atoms with Crippen molar-refractivity contribution in [3.8, 4) is 0 Å². The van der Waals surface area contributed by atoms with Gasteiger partial charge in [0.05, 0.1) is 19.5 Å². The minimum absolute atomic E-state index is 0.0152. The van der Waals surface area contributed by atoms with Crippen molar-refractivity contribution in [2.24, 2.45) is 5.41 Å². The second kappa shape index (κ2) is 20.0. The van der Waals surface area contributed by atoms with Crippen LogP contribution in [0.4, 0.5) is 5.82 Å². The molecule has 2 aromatic heterocycles. The van der Waals surface area contributed by atoms with Crippen LogP contribution in [0.25, 0.3) is 11.2 Å². The van der Waals surface area contributed by atoms with Crippen molar-refractivity contribution in [3.63, 3.8) is 0 Å². The van der Waals surface area contributed by atoms with Crippen LogP contribution in [0.1, 0.15) is 46.3 Å². The number of fused-ring (bicyclic) bond motifs is 1. The Balaban J connectivity index is 1.46. The van der Waals surface area contributed by atoms with Gasteiger partial charge in [0.25, 0.3) is 0 Å². The molecule has 31 heteroatoms. The summed E-state index contributed by atoms with van der Waals surface area (Å²) >= 11 is 0.819. The van der Waals surface area contributed by atoms with Gasteiger partial charge >= 0.3 is 29.4 Å². The van der Waals surface area contributed by atoms with Crippen molar-refractivity contribution >= 4 is 75.1 Å². The molecule has 3 heterocycles. The number of aliphatic carboxylic acids is 1. The molecule has 328 valence electrons. The monoisotopic (exact) mass is 911 g/mol. The van der Waals surface area contributed by atoms with Gasteiger partial charge in [-0.15, -0.1) is 0 Å². The van der Waals surface area contributed by atoms with Gasteiger partial charge in [0.15, 0.2) is 28.4 Å². The largest absolute Gasteiger partial charge is 0.481 e. The molecule has 0 saturated carbocycles. The van der Waals surface area contributed by atoms with Gasteiger partial charge in [0.2, 0.25) is 11.8 Å². The van der Waals surface area contributed by atoms with Gasteiger partial charge in [-0.2, -0.15) is 4.31 Å². The van der Waals surface area contributed by atoms with E-state index in [9.17, 15) is 67.8 Å². The SMILES string of the molecule is CC(C)(COP(=O)(O)OP(=O)(O)OC[C@H]1O[C@@H](n2cnc3c(N)ncnc32)[C@H](O)[C@@H]1OP(=O)(O)O)[C@@H](O)C(=O)NCCC(=O)NCCSC(=O)CC[C@](C)(O)C(=O)O. The summed E-state index contributed by atoms with van der Waals surface area (Å²) in [5, 5.41) is 44.3. The Morgan fingerprint density at radius 3 is 2.31 bits per heavy atom. The number of carbonyl (C=O) groups excluding carboxylic acids is 3. The van der Waals surface area contributed by atoms with Crippen LogP contribution in [0.2, 0.25) is 0 Å². The number of nitrogens with two attached hydrogens (primary N) is 1. The minimum atomic E-state index is -5.60. The first kappa shape index (κ1) is 49.4. The Bertz CT molecular complexity index is 1950. The third-order valence-corrected chi connectivity index (χ3v) is 12.1. The fourth-order valence-electron chi connectivity index (χ4n) is 4.82. The second-order valence-electron chi connectivity index (χ2n) is 13.4. The van der Waals surface area contributed by atoms with Crippen molar-refractivity contribution in [2.75, 3.05) is 37.8 Å². The van der Waals surface area contributed by atoms with Gasteiger partial charge in [-0.1, -0.05) is 25.6 Å². The second-order valence-corrected chi connectivity index (χ2v) is 18.8. The molecule has 1 aliphatic heterocycles. The first-order valence-corrected chi connectivity index (χ1v) is 22.2. The highest BCUT2D eigenvalue weighted by Gasteiger charge is 2.50. The molecule has 3 rings (SSSR count). The number of nitrogen functional groups attached to an aromatic ring is 1. The number of carboxylic acids is 1. The number of aliphatic hydroxyl groups is 3. The van der Waals surface area contributed by atoms with Crippen molar-refractivity contribution in [1.29, 1.82) is 0 Å². The zero-order chi connectivity index (χ0) is 43.9. The number of aliphatic hydroxyl groups excluding tert-OH is 2. The molecular weight excluding hydrogens is 867 g/mol. The van der Waals surface area contributed by atoms with E-state index in [2.05, 4.69) is 34.4 Å². The molecule has 2 aromatic rings. The van der Waals surface area contributed by atoms with Gasteiger partial charge < -0.3 is 61.1 Å². The lowest BCUT2D eigenvalue weighted by molar-refractivity contribution is -0.157. The summed E-state index contributed by atoms with van der Waals surface area (Å²) in [4.78, 5) is 98.3. The van der Waals surface area contributed by atoms with Crippen molar-refractivity contribution < 1.29 is 95.5 Å². The number of phosphoric acid groups is 3. The first-order valence-electron chi connectivity index (χ1n) is 16.6. The highest BCUT2D eigenvalue weighted by Crippen LogP contribution is 2.61. The van der Waals surface area contributed by atoms with E-state index in [0.717, 1.165) is 35.9 Å². The number of rotatable bonds is 23. The number of phosphoric ester groups is 3. The quantitative estimate of drug-likeness (QED) is 0.0436. The summed E-state index contributed by atoms with van der Waals surface area (Å²) in [5.74, 6) is -2.96. The molecular formula is C27H44N7O20P3S. The van der Waals surface area contributed by atoms with E-state index in [1.165, 1.54) is 13.8 Å². The van der Waals surface area contributed by atoms with Crippen molar-refractivity contribution in [1.82, 2.24) is 30.2 Å². The van der Waals surface area contributed by atoms with Crippen LogP contribution in [-0.4, -0.2) is 144 Å². The Kier molecular flexibility index (Phi) is 17.0. The van der Waals surface area contributed by atoms with E-state index in [1.807, 2.05) is 0 Å². The Hall–Kier alpha value is -3.01. The van der Waals surface area contributed by atoms with Gasteiger partial charge in [-0.3, -0.25) is 32.5 Å². The molecule has 0 spiro atoms. The van der Waals surface area contributed by atoms with Gasteiger partial charge in [-0.05, 0) is 13.3 Å². The number of thioether (sulfide) groups is 1. The maximum atomic E-state index is 12.7. The van der Waals surface area contributed by atoms with Gasteiger partial charge in [0.1, 0.15) is 36.3 Å². The molecule has 2 unspecified atom stereocenters. The van der Waals surface area contributed by atoms with Crippen LogP contribution in [-0.2, 0) is 55.5 Å². The van der Waals surface area contributed by atoms with Crippen LogP contribution in [0.5, 0.6) is 0 Å². The number of aromatic nitrogens is 4. The number of anilines is 1. The predicted octanol–water partition coefficient (Wildman–Crippen LogP) is -1.72. The van der Waals surface area contributed by atoms with E-state index in [0.29, 0.717) is 0 Å². The van der Waals surface area contributed by atoms with E-state index < -0.39 is 101 Å². The van der Waals surface area contributed by atoms with E-state index in [1.54, 1.807) is 0 Å².